The van der Waals surface area contributed by atoms with Crippen LogP contribution in [0.1, 0.15) is 64.0 Å². The summed E-state index contributed by atoms with van der Waals surface area (Å²) in [7, 11) is 0. The molecular formula is C16H24FNO. The zero-order valence-electron chi connectivity index (χ0n) is 11.9. The zero-order chi connectivity index (χ0) is 13.9. The molecule has 0 saturated carbocycles. The second-order valence-corrected chi connectivity index (χ2v) is 5.86. The molecule has 1 aliphatic rings. The summed E-state index contributed by atoms with van der Waals surface area (Å²) in [6.45, 7) is 4.29. The van der Waals surface area contributed by atoms with Gasteiger partial charge in [0, 0.05) is 24.1 Å². The van der Waals surface area contributed by atoms with E-state index in [-0.39, 0.29) is 17.5 Å². The Hall–Kier alpha value is -1.09. The third-order valence-corrected chi connectivity index (χ3v) is 3.94. The van der Waals surface area contributed by atoms with Crippen LogP contribution in [0.5, 0.6) is 5.75 Å². The number of benzene rings is 1. The van der Waals surface area contributed by atoms with E-state index in [0.717, 1.165) is 24.8 Å². The summed E-state index contributed by atoms with van der Waals surface area (Å²) >= 11 is 0. The first-order valence-electron chi connectivity index (χ1n) is 7.28. The van der Waals surface area contributed by atoms with Gasteiger partial charge in [0.05, 0.1) is 0 Å². The molecule has 2 atom stereocenters. The Morgan fingerprint density at radius 2 is 2.16 bits per heavy atom. The molecule has 2 N–H and O–H groups in total. The molecule has 0 aliphatic carbocycles. The second-order valence-electron chi connectivity index (χ2n) is 5.86. The zero-order valence-corrected chi connectivity index (χ0v) is 11.9. The van der Waals surface area contributed by atoms with Crippen molar-refractivity contribution in [3.05, 3.63) is 29.6 Å². The second kappa shape index (κ2) is 5.91. The molecule has 0 aromatic heterocycles. The van der Waals surface area contributed by atoms with Gasteiger partial charge in [-0.2, -0.15) is 0 Å². The fraction of sp³-hybridized carbons (Fsp3) is 0.625. The van der Waals surface area contributed by atoms with Crippen LogP contribution in [0.3, 0.4) is 0 Å². The average Bonchev–Trinajstić information content (AvgIpc) is 2.34. The Kier molecular flexibility index (Phi) is 4.46. The lowest BCUT2D eigenvalue weighted by molar-refractivity contribution is 0.0426. The van der Waals surface area contributed by atoms with Crippen LogP contribution in [0.25, 0.3) is 0 Å². The monoisotopic (exact) mass is 265 g/mol. The summed E-state index contributed by atoms with van der Waals surface area (Å²) in [6.07, 6.45) is 6.63. The minimum atomic E-state index is -0.263. The van der Waals surface area contributed by atoms with Crippen LogP contribution in [-0.2, 0) is 0 Å². The van der Waals surface area contributed by atoms with Gasteiger partial charge in [0.15, 0.2) is 0 Å². The van der Waals surface area contributed by atoms with Gasteiger partial charge < -0.3 is 10.5 Å². The average molecular weight is 265 g/mol. The molecule has 0 saturated heterocycles. The lowest BCUT2D eigenvalue weighted by Gasteiger charge is -2.39. The molecule has 19 heavy (non-hydrogen) atoms. The summed E-state index contributed by atoms with van der Waals surface area (Å²) in [4.78, 5) is 0. The molecule has 3 heteroatoms. The van der Waals surface area contributed by atoms with E-state index in [9.17, 15) is 4.39 Å². The number of hydrogen-bond acceptors (Lipinski definition) is 2. The van der Waals surface area contributed by atoms with E-state index in [1.807, 2.05) is 0 Å². The Morgan fingerprint density at radius 1 is 1.37 bits per heavy atom. The van der Waals surface area contributed by atoms with E-state index in [1.165, 1.54) is 31.4 Å². The fourth-order valence-corrected chi connectivity index (χ4v) is 2.86. The first kappa shape index (κ1) is 14.3. The topological polar surface area (TPSA) is 35.2 Å². The Balaban J connectivity index is 2.05. The largest absolute Gasteiger partial charge is 0.487 e. The first-order valence-corrected chi connectivity index (χ1v) is 7.28. The van der Waals surface area contributed by atoms with Gasteiger partial charge in [-0.05, 0) is 25.8 Å². The van der Waals surface area contributed by atoms with Crippen molar-refractivity contribution in [2.24, 2.45) is 5.73 Å². The molecule has 0 amide bonds. The predicted octanol–water partition coefficient (Wildman–Crippen LogP) is 4.34. The van der Waals surface area contributed by atoms with Crippen LogP contribution in [0, 0.1) is 5.82 Å². The van der Waals surface area contributed by atoms with Crippen LogP contribution in [0.2, 0.25) is 0 Å². The number of hydrogen-bond donors (Lipinski definition) is 1. The smallest absolute Gasteiger partial charge is 0.127 e. The van der Waals surface area contributed by atoms with Gasteiger partial charge >= 0.3 is 0 Å². The van der Waals surface area contributed by atoms with Crippen molar-refractivity contribution in [2.45, 2.75) is 64.0 Å². The molecule has 0 radical (unpaired) electrons. The van der Waals surface area contributed by atoms with Crippen molar-refractivity contribution >= 4 is 0 Å². The molecule has 1 aliphatic heterocycles. The number of ether oxygens (including phenoxy) is 1. The summed E-state index contributed by atoms with van der Waals surface area (Å²) in [5.74, 6) is 0.359. The molecule has 1 aromatic carbocycles. The third-order valence-electron chi connectivity index (χ3n) is 3.94. The number of nitrogens with two attached hydrogens (primary N) is 1. The Labute approximate surface area is 115 Å². The minimum absolute atomic E-state index is 0.0551. The molecule has 0 bridgehead atoms. The summed E-state index contributed by atoms with van der Waals surface area (Å²) in [6, 6.07) is 4.59. The molecule has 1 heterocycles. The van der Waals surface area contributed by atoms with Crippen LogP contribution >= 0.6 is 0 Å². The quantitative estimate of drug-likeness (QED) is 0.804. The molecule has 2 rings (SSSR count). The van der Waals surface area contributed by atoms with Crippen molar-refractivity contribution in [3.63, 3.8) is 0 Å². The van der Waals surface area contributed by atoms with Crippen molar-refractivity contribution in [1.29, 1.82) is 0 Å². The van der Waals surface area contributed by atoms with Crippen molar-refractivity contribution < 1.29 is 9.13 Å². The van der Waals surface area contributed by atoms with Crippen LogP contribution < -0.4 is 10.5 Å². The fourth-order valence-electron chi connectivity index (χ4n) is 2.86. The van der Waals surface area contributed by atoms with Gasteiger partial charge in [0.2, 0.25) is 0 Å². The standard InChI is InChI=1S/C16H24FNO/c1-3-4-5-6-9-16(2)11-14(18)13-8-7-12(17)10-15(13)19-16/h7-8,10,14H,3-6,9,11,18H2,1-2H3. The van der Waals surface area contributed by atoms with Crippen LogP contribution in [0.4, 0.5) is 4.39 Å². The minimum Gasteiger partial charge on any atom is -0.487 e. The number of rotatable bonds is 5. The SMILES string of the molecule is CCCCCCC1(C)CC(N)c2ccc(F)cc2O1. The van der Waals surface area contributed by atoms with E-state index in [0.29, 0.717) is 5.75 Å². The lowest BCUT2D eigenvalue weighted by Crippen LogP contribution is -2.40. The highest BCUT2D eigenvalue weighted by molar-refractivity contribution is 5.39. The number of halogens is 1. The third kappa shape index (κ3) is 3.47. The van der Waals surface area contributed by atoms with Gasteiger partial charge in [-0.1, -0.05) is 32.3 Å². The predicted molar refractivity (Wildman–Crippen MR) is 75.7 cm³/mol. The molecule has 0 fully saturated rings. The van der Waals surface area contributed by atoms with E-state index >= 15 is 0 Å². The van der Waals surface area contributed by atoms with Crippen molar-refractivity contribution in [2.75, 3.05) is 0 Å². The molecule has 106 valence electrons. The van der Waals surface area contributed by atoms with Crippen LogP contribution in [0.15, 0.2) is 18.2 Å². The molecule has 2 unspecified atom stereocenters. The van der Waals surface area contributed by atoms with Gasteiger partial charge in [0.1, 0.15) is 17.2 Å². The first-order chi connectivity index (χ1) is 9.04. The lowest BCUT2D eigenvalue weighted by atomic mass is 9.85. The number of unbranched alkanes of at least 4 members (excludes halogenated alkanes) is 3. The van der Waals surface area contributed by atoms with Gasteiger partial charge in [0.25, 0.3) is 0 Å². The molecular weight excluding hydrogens is 241 g/mol. The highest BCUT2D eigenvalue weighted by Crippen LogP contribution is 2.40. The summed E-state index contributed by atoms with van der Waals surface area (Å²) in [5.41, 5.74) is 6.87. The molecule has 1 aromatic rings. The highest BCUT2D eigenvalue weighted by atomic mass is 19.1. The highest BCUT2D eigenvalue weighted by Gasteiger charge is 2.35. The molecule has 2 nitrogen and oxygen atoms in total. The Morgan fingerprint density at radius 3 is 2.89 bits per heavy atom. The maximum atomic E-state index is 13.3. The van der Waals surface area contributed by atoms with Crippen LogP contribution in [-0.4, -0.2) is 5.60 Å². The summed E-state index contributed by atoms with van der Waals surface area (Å²) < 4.78 is 19.3. The van der Waals surface area contributed by atoms with Gasteiger partial charge in [-0.25, -0.2) is 4.39 Å². The Bertz CT molecular complexity index is 435. The number of fused-ring (bicyclic) bond motifs is 1. The van der Waals surface area contributed by atoms with E-state index in [1.54, 1.807) is 6.07 Å². The van der Waals surface area contributed by atoms with E-state index in [2.05, 4.69) is 13.8 Å². The molecule has 0 spiro atoms. The summed E-state index contributed by atoms with van der Waals surface area (Å²) in [5, 5.41) is 0. The van der Waals surface area contributed by atoms with Crippen molar-refractivity contribution in [3.8, 4) is 5.75 Å². The van der Waals surface area contributed by atoms with E-state index in [4.69, 9.17) is 10.5 Å². The maximum absolute atomic E-state index is 13.3. The van der Waals surface area contributed by atoms with Crippen molar-refractivity contribution in [1.82, 2.24) is 0 Å². The van der Waals surface area contributed by atoms with Gasteiger partial charge in [-0.15, -0.1) is 0 Å². The van der Waals surface area contributed by atoms with Gasteiger partial charge in [-0.3, -0.25) is 0 Å². The van der Waals surface area contributed by atoms with E-state index < -0.39 is 0 Å². The maximum Gasteiger partial charge on any atom is 0.127 e. The normalized spacial score (nSPS) is 25.8.